The molecule has 0 bridgehead atoms. The number of nitrogens with one attached hydrogen (secondary N) is 1. The van der Waals surface area contributed by atoms with Crippen LogP contribution in [0.3, 0.4) is 0 Å². The van der Waals surface area contributed by atoms with Crippen LogP contribution in [-0.4, -0.2) is 25.1 Å². The predicted octanol–water partition coefficient (Wildman–Crippen LogP) is 0.518. The minimum Gasteiger partial charge on any atom is -0.398 e. The van der Waals surface area contributed by atoms with E-state index in [0.29, 0.717) is 29.7 Å². The summed E-state index contributed by atoms with van der Waals surface area (Å²) >= 11 is 1.44. The van der Waals surface area contributed by atoms with Crippen molar-refractivity contribution in [3.8, 4) is 0 Å². The zero-order valence-corrected chi connectivity index (χ0v) is 12.0. The zero-order valence-electron chi connectivity index (χ0n) is 11.2. The monoisotopic (exact) mass is 295 g/mol. The number of aromatic nitrogens is 4. The maximum Gasteiger partial charge on any atom is 0.343 e. The van der Waals surface area contributed by atoms with Gasteiger partial charge in [-0.05, 0) is 12.5 Å². The van der Waals surface area contributed by atoms with E-state index in [1.165, 1.54) is 17.8 Å². The maximum atomic E-state index is 11.6. The number of nitrogen functional groups attached to an aromatic ring is 1. The molecule has 0 saturated carbocycles. The van der Waals surface area contributed by atoms with Gasteiger partial charge in [-0.25, -0.2) is 9.89 Å². The number of aromatic amines is 1. The van der Waals surface area contributed by atoms with E-state index in [1.54, 1.807) is 21.4 Å². The normalized spacial score (nSPS) is 10.8. The molecule has 108 valence electrons. The highest BCUT2D eigenvalue weighted by Crippen LogP contribution is 2.13. The summed E-state index contributed by atoms with van der Waals surface area (Å²) in [6.45, 7) is 3.15. The first kappa shape index (κ1) is 14.4. The summed E-state index contributed by atoms with van der Waals surface area (Å²) < 4.78 is 3.16. The Bertz CT molecular complexity index is 688. The number of H-pyrrole nitrogens is 1. The van der Waals surface area contributed by atoms with Crippen LogP contribution in [-0.2, 0) is 13.1 Å². The molecule has 0 spiro atoms. The fourth-order valence-corrected chi connectivity index (χ4v) is 2.70. The van der Waals surface area contributed by atoms with Crippen molar-refractivity contribution >= 4 is 17.4 Å². The van der Waals surface area contributed by atoms with E-state index in [4.69, 9.17) is 5.73 Å². The van der Waals surface area contributed by atoms with Crippen molar-refractivity contribution in [2.75, 3.05) is 11.5 Å². The van der Waals surface area contributed by atoms with Crippen LogP contribution in [0.5, 0.6) is 0 Å². The van der Waals surface area contributed by atoms with Gasteiger partial charge >= 0.3 is 5.69 Å². The number of anilines is 1. The summed E-state index contributed by atoms with van der Waals surface area (Å²) in [6, 6.07) is 3.03. The van der Waals surface area contributed by atoms with Crippen LogP contribution in [0.2, 0.25) is 0 Å². The highest BCUT2D eigenvalue weighted by atomic mass is 32.2. The Hall–Kier alpha value is -1.96. The molecule has 8 heteroatoms. The van der Waals surface area contributed by atoms with Gasteiger partial charge in [0.1, 0.15) is 0 Å². The van der Waals surface area contributed by atoms with Crippen LogP contribution in [0.1, 0.15) is 13.3 Å². The molecule has 2 aromatic rings. The van der Waals surface area contributed by atoms with Crippen molar-refractivity contribution in [2.24, 2.45) is 0 Å². The summed E-state index contributed by atoms with van der Waals surface area (Å²) in [4.78, 5) is 23.1. The number of hydrogen-bond donors (Lipinski definition) is 2. The van der Waals surface area contributed by atoms with E-state index < -0.39 is 0 Å². The molecule has 3 N–H and O–H groups in total. The second kappa shape index (κ2) is 6.47. The lowest BCUT2D eigenvalue weighted by molar-refractivity contribution is 0.603. The highest BCUT2D eigenvalue weighted by Gasteiger charge is 2.07. The molecule has 0 aliphatic heterocycles. The summed E-state index contributed by atoms with van der Waals surface area (Å²) in [5.74, 6) is 0.636. The average molecular weight is 295 g/mol. The van der Waals surface area contributed by atoms with E-state index in [2.05, 4.69) is 10.2 Å². The smallest absolute Gasteiger partial charge is 0.343 e. The molecule has 7 nitrogen and oxygen atoms in total. The van der Waals surface area contributed by atoms with Crippen LogP contribution in [0.15, 0.2) is 33.1 Å². The first-order valence-electron chi connectivity index (χ1n) is 6.35. The van der Waals surface area contributed by atoms with Gasteiger partial charge in [-0.1, -0.05) is 18.7 Å². The predicted molar refractivity (Wildman–Crippen MR) is 79.0 cm³/mol. The number of nitrogens with two attached hydrogens (primary N) is 1. The standard InChI is InChI=1S/C12H17N5O2S/c1-2-5-17-11(19)14-15-12(17)20-7-6-16-8-9(13)3-4-10(16)18/h3-4,8H,2,5-7,13H2,1H3,(H,14,19). The number of pyridine rings is 1. The topological polar surface area (TPSA) is 98.7 Å². The Labute approximate surface area is 119 Å². The molecule has 2 aromatic heterocycles. The molecule has 0 amide bonds. The SMILES string of the molecule is CCCn1c(SCCn2cc(N)ccc2=O)n[nH]c1=O. The molecule has 2 rings (SSSR count). The van der Waals surface area contributed by atoms with Crippen molar-refractivity contribution < 1.29 is 0 Å². The van der Waals surface area contributed by atoms with E-state index in [0.717, 1.165) is 6.42 Å². The van der Waals surface area contributed by atoms with Gasteiger partial charge in [-0.2, -0.15) is 0 Å². The minimum atomic E-state index is -0.199. The van der Waals surface area contributed by atoms with Gasteiger partial charge in [-0.3, -0.25) is 9.36 Å². The first-order valence-corrected chi connectivity index (χ1v) is 7.34. The molecule has 0 unspecified atom stereocenters. The third kappa shape index (κ3) is 3.32. The van der Waals surface area contributed by atoms with Crippen molar-refractivity contribution in [2.45, 2.75) is 31.6 Å². The zero-order chi connectivity index (χ0) is 14.5. The minimum absolute atomic E-state index is 0.0900. The van der Waals surface area contributed by atoms with E-state index in [1.807, 2.05) is 6.92 Å². The quantitative estimate of drug-likeness (QED) is 0.757. The molecule has 0 atom stereocenters. The number of rotatable bonds is 6. The summed E-state index contributed by atoms with van der Waals surface area (Å²) in [7, 11) is 0. The third-order valence-corrected chi connectivity index (χ3v) is 3.70. The molecule has 2 heterocycles. The largest absolute Gasteiger partial charge is 0.398 e. The van der Waals surface area contributed by atoms with Crippen molar-refractivity contribution in [3.05, 3.63) is 39.2 Å². The van der Waals surface area contributed by atoms with E-state index >= 15 is 0 Å². The second-order valence-corrected chi connectivity index (χ2v) is 5.37. The van der Waals surface area contributed by atoms with E-state index in [9.17, 15) is 9.59 Å². The fourth-order valence-electron chi connectivity index (χ4n) is 1.79. The van der Waals surface area contributed by atoms with Gasteiger partial charge in [0.05, 0.1) is 0 Å². The van der Waals surface area contributed by atoms with Crippen LogP contribution in [0.25, 0.3) is 0 Å². The molecule has 0 aromatic carbocycles. The Kier molecular flexibility index (Phi) is 4.67. The lowest BCUT2D eigenvalue weighted by Crippen LogP contribution is -2.20. The molecule has 0 fully saturated rings. The molecule has 0 aliphatic rings. The molecular formula is C12H17N5O2S. The molecule has 20 heavy (non-hydrogen) atoms. The van der Waals surface area contributed by atoms with E-state index in [-0.39, 0.29) is 11.2 Å². The number of nitrogens with zero attached hydrogens (tertiary/aromatic N) is 3. The van der Waals surface area contributed by atoms with Crippen LogP contribution in [0, 0.1) is 0 Å². The average Bonchev–Trinajstić information content (AvgIpc) is 2.76. The van der Waals surface area contributed by atoms with Gasteiger partial charge in [-0.15, -0.1) is 5.10 Å². The highest BCUT2D eigenvalue weighted by molar-refractivity contribution is 7.99. The molecule has 0 aliphatic carbocycles. The third-order valence-electron chi connectivity index (χ3n) is 2.74. The Morgan fingerprint density at radius 1 is 1.35 bits per heavy atom. The van der Waals surface area contributed by atoms with Crippen LogP contribution in [0.4, 0.5) is 5.69 Å². The molecule has 0 radical (unpaired) electrons. The summed E-state index contributed by atoms with van der Waals surface area (Å²) in [6.07, 6.45) is 2.48. The molecular weight excluding hydrogens is 278 g/mol. The Morgan fingerprint density at radius 3 is 2.90 bits per heavy atom. The maximum absolute atomic E-state index is 11.6. The number of aryl methyl sites for hydroxylation is 1. The Balaban J connectivity index is 2.01. The van der Waals surface area contributed by atoms with Gasteiger partial charge in [0, 0.05) is 36.8 Å². The lowest BCUT2D eigenvalue weighted by Gasteiger charge is -2.06. The second-order valence-electron chi connectivity index (χ2n) is 4.31. The van der Waals surface area contributed by atoms with Crippen LogP contribution < -0.4 is 17.0 Å². The van der Waals surface area contributed by atoms with Gasteiger partial charge in [0.2, 0.25) is 0 Å². The van der Waals surface area contributed by atoms with Crippen molar-refractivity contribution in [1.29, 1.82) is 0 Å². The summed E-state index contributed by atoms with van der Waals surface area (Å²) in [5, 5.41) is 7.07. The van der Waals surface area contributed by atoms with Crippen LogP contribution >= 0.6 is 11.8 Å². The van der Waals surface area contributed by atoms with Crippen molar-refractivity contribution in [1.82, 2.24) is 19.3 Å². The first-order chi connectivity index (χ1) is 9.61. The van der Waals surface area contributed by atoms with Crippen molar-refractivity contribution in [3.63, 3.8) is 0 Å². The fraction of sp³-hybridized carbons (Fsp3) is 0.417. The number of hydrogen-bond acceptors (Lipinski definition) is 5. The molecule has 0 saturated heterocycles. The van der Waals surface area contributed by atoms with Gasteiger partial charge < -0.3 is 10.3 Å². The number of thioether (sulfide) groups is 1. The van der Waals surface area contributed by atoms with Gasteiger partial charge in [0.15, 0.2) is 5.16 Å². The lowest BCUT2D eigenvalue weighted by atomic mass is 10.4. The summed E-state index contributed by atoms with van der Waals surface area (Å²) in [5.41, 5.74) is 5.91. The Morgan fingerprint density at radius 2 is 2.15 bits per heavy atom. The van der Waals surface area contributed by atoms with Gasteiger partial charge in [0.25, 0.3) is 5.56 Å².